The molecule has 2 fully saturated rings. The monoisotopic (exact) mass is 271 g/mol. The van der Waals surface area contributed by atoms with Crippen LogP contribution in [-0.4, -0.2) is 29.0 Å². The highest BCUT2D eigenvalue weighted by molar-refractivity contribution is 5.96. The van der Waals surface area contributed by atoms with Gasteiger partial charge in [-0.3, -0.25) is 4.79 Å². The van der Waals surface area contributed by atoms with Crippen LogP contribution in [0, 0.1) is 6.92 Å². The maximum atomic E-state index is 12.4. The van der Waals surface area contributed by atoms with Crippen molar-refractivity contribution in [3.8, 4) is 0 Å². The minimum absolute atomic E-state index is 0.0875. The Balaban J connectivity index is 1.57. The Morgan fingerprint density at radius 2 is 2.40 bits per heavy atom. The Morgan fingerprint density at radius 3 is 3.15 bits per heavy atom. The summed E-state index contributed by atoms with van der Waals surface area (Å²) in [4.78, 5) is 16.7. The van der Waals surface area contributed by atoms with E-state index in [-0.39, 0.29) is 11.9 Å². The van der Waals surface area contributed by atoms with Crippen LogP contribution in [0.3, 0.4) is 0 Å². The number of rotatable bonds is 2. The maximum Gasteiger partial charge on any atom is 0.270 e. The molecule has 0 radical (unpaired) electrons. The molecule has 20 heavy (non-hydrogen) atoms. The van der Waals surface area contributed by atoms with Gasteiger partial charge in [-0.05, 0) is 38.3 Å². The van der Waals surface area contributed by atoms with Gasteiger partial charge in [-0.2, -0.15) is 0 Å². The SMILES string of the molecule is Cc1nc(C(=O)N[C@@H]2C[C@H]3CC[C@@H]2N3)cc2ccoc12. The number of carbonyl (C=O) groups is 1. The standard InChI is InChI=1S/C15H17N3O2/c1-8-14-9(4-5-20-14)6-13(16-8)15(19)18-12-7-10-2-3-11(12)17-10/h4-6,10-12,17H,2-3,7H2,1H3,(H,18,19)/t10-,11+,12-/m1/s1. The van der Waals surface area contributed by atoms with E-state index in [1.807, 2.05) is 13.0 Å². The zero-order chi connectivity index (χ0) is 13.7. The summed E-state index contributed by atoms with van der Waals surface area (Å²) < 4.78 is 5.35. The number of hydrogen-bond donors (Lipinski definition) is 2. The molecule has 3 atom stereocenters. The molecule has 0 saturated carbocycles. The molecule has 0 unspecified atom stereocenters. The largest absolute Gasteiger partial charge is 0.462 e. The van der Waals surface area contributed by atoms with Gasteiger partial charge in [0.2, 0.25) is 0 Å². The Morgan fingerprint density at radius 1 is 1.50 bits per heavy atom. The van der Waals surface area contributed by atoms with Crippen molar-refractivity contribution in [2.75, 3.05) is 0 Å². The summed E-state index contributed by atoms with van der Waals surface area (Å²) in [6.07, 6.45) is 5.04. The van der Waals surface area contributed by atoms with E-state index in [9.17, 15) is 4.79 Å². The van der Waals surface area contributed by atoms with Crippen LogP contribution in [0.5, 0.6) is 0 Å². The minimum atomic E-state index is -0.0875. The van der Waals surface area contributed by atoms with Crippen LogP contribution >= 0.6 is 0 Å². The van der Waals surface area contributed by atoms with E-state index >= 15 is 0 Å². The molecule has 1 amide bonds. The van der Waals surface area contributed by atoms with Gasteiger partial charge in [0.25, 0.3) is 5.91 Å². The second kappa shape index (κ2) is 4.31. The van der Waals surface area contributed by atoms with Crippen LogP contribution in [0.4, 0.5) is 0 Å². The molecule has 2 bridgehead atoms. The molecule has 2 saturated heterocycles. The third kappa shape index (κ3) is 1.81. The van der Waals surface area contributed by atoms with Crippen molar-refractivity contribution in [1.82, 2.24) is 15.6 Å². The Kier molecular flexibility index (Phi) is 2.57. The van der Waals surface area contributed by atoms with Crippen molar-refractivity contribution in [3.63, 3.8) is 0 Å². The zero-order valence-corrected chi connectivity index (χ0v) is 11.3. The average molecular weight is 271 g/mol. The first-order valence-corrected chi connectivity index (χ1v) is 7.12. The fourth-order valence-electron chi connectivity index (χ4n) is 3.48. The highest BCUT2D eigenvalue weighted by Gasteiger charge is 2.39. The van der Waals surface area contributed by atoms with Gasteiger partial charge in [0.1, 0.15) is 5.69 Å². The number of pyridine rings is 1. The van der Waals surface area contributed by atoms with Gasteiger partial charge in [-0.15, -0.1) is 0 Å². The summed E-state index contributed by atoms with van der Waals surface area (Å²) >= 11 is 0. The van der Waals surface area contributed by atoms with Gasteiger partial charge < -0.3 is 15.1 Å². The first-order valence-electron chi connectivity index (χ1n) is 7.12. The van der Waals surface area contributed by atoms with Crippen LogP contribution in [0.15, 0.2) is 22.8 Å². The number of fused-ring (bicyclic) bond motifs is 3. The first-order chi connectivity index (χ1) is 9.70. The van der Waals surface area contributed by atoms with E-state index in [4.69, 9.17) is 4.42 Å². The zero-order valence-electron chi connectivity index (χ0n) is 11.3. The summed E-state index contributed by atoms with van der Waals surface area (Å²) in [6.45, 7) is 1.86. The summed E-state index contributed by atoms with van der Waals surface area (Å²) in [5.74, 6) is -0.0875. The third-order valence-corrected chi connectivity index (χ3v) is 4.45. The van der Waals surface area contributed by atoms with Crippen molar-refractivity contribution < 1.29 is 9.21 Å². The fraction of sp³-hybridized carbons (Fsp3) is 0.467. The Bertz CT molecular complexity index is 679. The van der Waals surface area contributed by atoms with Gasteiger partial charge >= 0.3 is 0 Å². The van der Waals surface area contributed by atoms with Gasteiger partial charge in [-0.1, -0.05) is 0 Å². The van der Waals surface area contributed by atoms with Gasteiger partial charge in [0.15, 0.2) is 5.58 Å². The number of aromatic nitrogens is 1. The highest BCUT2D eigenvalue weighted by atomic mass is 16.3. The maximum absolute atomic E-state index is 12.4. The second-order valence-corrected chi connectivity index (χ2v) is 5.79. The molecule has 2 aromatic heterocycles. The third-order valence-electron chi connectivity index (χ3n) is 4.45. The predicted molar refractivity (Wildman–Crippen MR) is 74.6 cm³/mol. The van der Waals surface area contributed by atoms with E-state index in [1.54, 1.807) is 12.3 Å². The lowest BCUT2D eigenvalue weighted by molar-refractivity contribution is 0.0926. The van der Waals surface area contributed by atoms with Gasteiger partial charge in [0, 0.05) is 23.5 Å². The molecule has 4 heterocycles. The van der Waals surface area contributed by atoms with Crippen LogP contribution in [0.25, 0.3) is 11.0 Å². The number of nitrogens with zero attached hydrogens (tertiary/aromatic N) is 1. The molecule has 104 valence electrons. The summed E-state index contributed by atoms with van der Waals surface area (Å²) in [5.41, 5.74) is 1.98. The summed E-state index contributed by atoms with van der Waals surface area (Å²) in [6, 6.07) is 4.91. The van der Waals surface area contributed by atoms with Crippen molar-refractivity contribution >= 4 is 16.9 Å². The van der Waals surface area contributed by atoms with Crippen LogP contribution in [0.1, 0.15) is 35.4 Å². The topological polar surface area (TPSA) is 67.2 Å². The van der Waals surface area contributed by atoms with E-state index in [0.29, 0.717) is 17.8 Å². The molecule has 2 N–H and O–H groups in total. The predicted octanol–water partition coefficient (Wildman–Crippen LogP) is 1.76. The molecule has 2 aliphatic heterocycles. The van der Waals surface area contributed by atoms with Crippen molar-refractivity contribution in [2.24, 2.45) is 0 Å². The minimum Gasteiger partial charge on any atom is -0.462 e. The smallest absolute Gasteiger partial charge is 0.270 e. The molecule has 5 heteroatoms. The van der Waals surface area contributed by atoms with Crippen molar-refractivity contribution in [3.05, 3.63) is 29.8 Å². The Hall–Kier alpha value is -1.88. The number of aryl methyl sites for hydroxylation is 1. The van der Waals surface area contributed by atoms with E-state index in [0.717, 1.165) is 29.5 Å². The molecular weight excluding hydrogens is 254 g/mol. The van der Waals surface area contributed by atoms with E-state index in [2.05, 4.69) is 15.6 Å². The normalized spacial score (nSPS) is 28.1. The molecule has 5 nitrogen and oxygen atoms in total. The van der Waals surface area contributed by atoms with Gasteiger partial charge in [0.05, 0.1) is 12.0 Å². The lowest BCUT2D eigenvalue weighted by Crippen LogP contribution is -2.43. The lowest BCUT2D eigenvalue weighted by Gasteiger charge is -2.21. The first kappa shape index (κ1) is 11.9. The fourth-order valence-corrected chi connectivity index (χ4v) is 3.48. The average Bonchev–Trinajstić information content (AvgIpc) is 3.13. The second-order valence-electron chi connectivity index (χ2n) is 5.79. The quantitative estimate of drug-likeness (QED) is 0.873. The number of carbonyl (C=O) groups excluding carboxylic acids is 1. The Labute approximate surface area is 116 Å². The molecular formula is C15H17N3O2. The van der Waals surface area contributed by atoms with Gasteiger partial charge in [-0.25, -0.2) is 4.98 Å². The van der Waals surface area contributed by atoms with Crippen LogP contribution in [-0.2, 0) is 0 Å². The number of hydrogen-bond acceptors (Lipinski definition) is 4. The summed E-state index contributed by atoms with van der Waals surface area (Å²) in [5, 5.41) is 7.56. The molecule has 2 aromatic rings. The van der Waals surface area contributed by atoms with Crippen molar-refractivity contribution in [1.29, 1.82) is 0 Å². The highest BCUT2D eigenvalue weighted by Crippen LogP contribution is 2.28. The molecule has 0 aliphatic carbocycles. The number of furan rings is 1. The van der Waals surface area contributed by atoms with Crippen molar-refractivity contribution in [2.45, 2.75) is 44.3 Å². The molecule has 4 rings (SSSR count). The van der Waals surface area contributed by atoms with Crippen LogP contribution < -0.4 is 10.6 Å². The molecule has 0 aromatic carbocycles. The molecule has 2 aliphatic rings. The van der Waals surface area contributed by atoms with E-state index in [1.165, 1.54) is 6.42 Å². The number of nitrogens with one attached hydrogen (secondary N) is 2. The number of amides is 1. The lowest BCUT2D eigenvalue weighted by atomic mass is 9.95. The van der Waals surface area contributed by atoms with Crippen LogP contribution in [0.2, 0.25) is 0 Å². The van der Waals surface area contributed by atoms with E-state index < -0.39 is 0 Å². The molecule has 0 spiro atoms. The summed E-state index contributed by atoms with van der Waals surface area (Å²) in [7, 11) is 0.